The summed E-state index contributed by atoms with van der Waals surface area (Å²) in [6.07, 6.45) is 2.16. The van der Waals surface area contributed by atoms with Crippen molar-refractivity contribution in [2.45, 2.75) is 32.7 Å². The van der Waals surface area contributed by atoms with Gasteiger partial charge in [0.05, 0.1) is 6.04 Å². The van der Waals surface area contributed by atoms with E-state index < -0.39 is 0 Å². The first-order valence-electron chi connectivity index (χ1n) is 6.44. The lowest BCUT2D eigenvalue weighted by Gasteiger charge is -2.24. The van der Waals surface area contributed by atoms with Crippen molar-refractivity contribution in [1.82, 2.24) is 15.1 Å². The third kappa shape index (κ3) is 2.25. The minimum atomic E-state index is 0.214. The Morgan fingerprint density at radius 1 is 1.32 bits per heavy atom. The van der Waals surface area contributed by atoms with Crippen molar-refractivity contribution in [2.75, 3.05) is 17.2 Å². The summed E-state index contributed by atoms with van der Waals surface area (Å²) in [6.45, 7) is 4.78. The molecule has 0 spiro atoms. The second kappa shape index (κ2) is 4.53. The third-order valence-corrected chi connectivity index (χ3v) is 3.39. The summed E-state index contributed by atoms with van der Waals surface area (Å²) in [4.78, 5) is 10.7. The van der Waals surface area contributed by atoms with E-state index in [9.17, 15) is 0 Å². The molecule has 19 heavy (non-hydrogen) atoms. The quantitative estimate of drug-likeness (QED) is 0.888. The van der Waals surface area contributed by atoms with Crippen LogP contribution in [0.15, 0.2) is 16.7 Å². The highest BCUT2D eigenvalue weighted by atomic mass is 16.5. The average Bonchev–Trinajstić information content (AvgIpc) is 2.95. The van der Waals surface area contributed by atoms with Gasteiger partial charge in [-0.15, -0.1) is 0 Å². The predicted molar refractivity (Wildman–Crippen MR) is 71.7 cm³/mol. The number of nitrogens with zero attached hydrogens (tertiary/aromatic N) is 4. The zero-order chi connectivity index (χ0) is 13.4. The van der Waals surface area contributed by atoms with Gasteiger partial charge in [0.1, 0.15) is 17.3 Å². The maximum atomic E-state index is 5.73. The molecule has 1 atom stereocenters. The highest BCUT2D eigenvalue weighted by Crippen LogP contribution is 2.35. The van der Waals surface area contributed by atoms with Crippen LogP contribution in [-0.2, 0) is 0 Å². The van der Waals surface area contributed by atoms with Crippen LogP contribution in [0.4, 0.5) is 11.8 Å². The molecule has 6 nitrogen and oxygen atoms in total. The van der Waals surface area contributed by atoms with E-state index in [4.69, 9.17) is 10.3 Å². The van der Waals surface area contributed by atoms with E-state index in [1.54, 1.807) is 0 Å². The van der Waals surface area contributed by atoms with Crippen molar-refractivity contribution in [3.8, 4) is 0 Å². The number of aryl methyl sites for hydroxylation is 2. The second-order valence-electron chi connectivity index (χ2n) is 4.94. The second-order valence-corrected chi connectivity index (χ2v) is 4.94. The Balaban J connectivity index is 1.94. The first-order valence-corrected chi connectivity index (χ1v) is 6.44. The maximum Gasteiger partial charge on any atom is 0.222 e. The molecule has 1 aliphatic rings. The molecule has 0 amide bonds. The molecule has 2 aromatic rings. The largest absolute Gasteiger partial charge is 0.368 e. The van der Waals surface area contributed by atoms with Gasteiger partial charge in [0.15, 0.2) is 0 Å². The van der Waals surface area contributed by atoms with Crippen molar-refractivity contribution >= 4 is 11.8 Å². The standard InChI is InChI=1S/C13H17N5O/c1-8-6-12(16-13(14)15-8)18-5-3-4-11(18)10-7-9(2)19-17-10/h6-7,11H,3-5H2,1-2H3,(H2,14,15,16)/t11-/m0/s1. The van der Waals surface area contributed by atoms with Gasteiger partial charge in [-0.05, 0) is 26.7 Å². The molecular formula is C13H17N5O. The minimum Gasteiger partial charge on any atom is -0.368 e. The highest BCUT2D eigenvalue weighted by molar-refractivity contribution is 5.46. The van der Waals surface area contributed by atoms with E-state index >= 15 is 0 Å². The summed E-state index contributed by atoms with van der Waals surface area (Å²) in [5.41, 5.74) is 7.57. The lowest BCUT2D eigenvalue weighted by Crippen LogP contribution is -2.24. The van der Waals surface area contributed by atoms with E-state index in [1.807, 2.05) is 26.0 Å². The molecule has 0 aromatic carbocycles. The average molecular weight is 259 g/mol. The van der Waals surface area contributed by atoms with Gasteiger partial charge in [-0.3, -0.25) is 0 Å². The Labute approximate surface area is 111 Å². The SMILES string of the molecule is Cc1cc(N2CCC[C@H]2c2cc(C)on2)nc(N)n1. The van der Waals surface area contributed by atoms with Crippen LogP contribution in [0.3, 0.4) is 0 Å². The third-order valence-electron chi connectivity index (χ3n) is 3.39. The predicted octanol–water partition coefficient (Wildman–Crippen LogP) is 2.01. The van der Waals surface area contributed by atoms with Gasteiger partial charge in [-0.1, -0.05) is 5.16 Å². The molecule has 100 valence electrons. The fraction of sp³-hybridized carbons (Fsp3) is 0.462. The number of rotatable bonds is 2. The topological polar surface area (TPSA) is 81.1 Å². The molecule has 6 heteroatoms. The van der Waals surface area contributed by atoms with Gasteiger partial charge in [-0.2, -0.15) is 4.98 Å². The summed E-state index contributed by atoms with van der Waals surface area (Å²) in [5, 5.41) is 4.13. The number of hydrogen-bond donors (Lipinski definition) is 1. The summed E-state index contributed by atoms with van der Waals surface area (Å²) >= 11 is 0. The molecule has 0 unspecified atom stereocenters. The van der Waals surface area contributed by atoms with Crippen LogP contribution in [0.5, 0.6) is 0 Å². The molecule has 2 aromatic heterocycles. The van der Waals surface area contributed by atoms with Crippen LogP contribution in [0, 0.1) is 13.8 Å². The Hall–Kier alpha value is -2.11. The molecule has 0 bridgehead atoms. The van der Waals surface area contributed by atoms with Gasteiger partial charge < -0.3 is 15.2 Å². The summed E-state index contributed by atoms with van der Waals surface area (Å²) < 4.78 is 5.17. The van der Waals surface area contributed by atoms with Crippen LogP contribution in [0.1, 0.15) is 36.0 Å². The Morgan fingerprint density at radius 2 is 2.16 bits per heavy atom. The lowest BCUT2D eigenvalue weighted by molar-refractivity contribution is 0.385. The minimum absolute atomic E-state index is 0.214. The van der Waals surface area contributed by atoms with Crippen LogP contribution >= 0.6 is 0 Å². The molecule has 0 radical (unpaired) electrons. The van der Waals surface area contributed by atoms with Gasteiger partial charge in [0.25, 0.3) is 0 Å². The molecule has 0 aliphatic carbocycles. The Kier molecular flexibility index (Phi) is 2.85. The molecular weight excluding hydrogens is 242 g/mol. The molecule has 3 heterocycles. The highest BCUT2D eigenvalue weighted by Gasteiger charge is 2.29. The smallest absolute Gasteiger partial charge is 0.222 e. The number of hydrogen-bond acceptors (Lipinski definition) is 6. The first-order chi connectivity index (χ1) is 9.13. The molecule has 2 N–H and O–H groups in total. The Morgan fingerprint density at radius 3 is 2.84 bits per heavy atom. The fourth-order valence-corrected chi connectivity index (χ4v) is 2.61. The zero-order valence-electron chi connectivity index (χ0n) is 11.1. The van der Waals surface area contributed by atoms with E-state index in [-0.39, 0.29) is 6.04 Å². The molecule has 3 rings (SSSR count). The molecule has 1 saturated heterocycles. The molecule has 1 fully saturated rings. The molecule has 0 saturated carbocycles. The van der Waals surface area contributed by atoms with Crippen LogP contribution in [-0.4, -0.2) is 21.7 Å². The zero-order valence-corrected chi connectivity index (χ0v) is 11.1. The van der Waals surface area contributed by atoms with Gasteiger partial charge in [-0.25, -0.2) is 4.98 Å². The van der Waals surface area contributed by atoms with Crippen LogP contribution < -0.4 is 10.6 Å². The van der Waals surface area contributed by atoms with Crippen LogP contribution in [0.2, 0.25) is 0 Å². The van der Waals surface area contributed by atoms with E-state index in [0.717, 1.165) is 42.4 Å². The van der Waals surface area contributed by atoms with E-state index in [2.05, 4.69) is 20.0 Å². The van der Waals surface area contributed by atoms with Gasteiger partial charge >= 0.3 is 0 Å². The fourth-order valence-electron chi connectivity index (χ4n) is 2.61. The number of aromatic nitrogens is 3. The summed E-state index contributed by atoms with van der Waals surface area (Å²) in [5.74, 6) is 2.02. The van der Waals surface area contributed by atoms with Crippen LogP contribution in [0.25, 0.3) is 0 Å². The summed E-state index contributed by atoms with van der Waals surface area (Å²) in [7, 11) is 0. The normalized spacial score (nSPS) is 19.1. The Bertz CT molecular complexity index is 574. The van der Waals surface area contributed by atoms with Crippen molar-refractivity contribution in [2.24, 2.45) is 0 Å². The van der Waals surface area contributed by atoms with E-state index in [0.29, 0.717) is 5.95 Å². The van der Waals surface area contributed by atoms with E-state index in [1.165, 1.54) is 0 Å². The maximum absolute atomic E-state index is 5.73. The first kappa shape index (κ1) is 12.0. The van der Waals surface area contributed by atoms with Crippen molar-refractivity contribution in [3.63, 3.8) is 0 Å². The number of nitrogens with two attached hydrogens (primary N) is 1. The lowest BCUT2D eigenvalue weighted by atomic mass is 10.1. The monoisotopic (exact) mass is 259 g/mol. The number of anilines is 2. The van der Waals surface area contributed by atoms with Gasteiger partial charge in [0.2, 0.25) is 5.95 Å². The van der Waals surface area contributed by atoms with Crippen molar-refractivity contribution in [3.05, 3.63) is 29.3 Å². The van der Waals surface area contributed by atoms with Gasteiger partial charge in [0, 0.05) is 24.4 Å². The van der Waals surface area contributed by atoms with Crippen molar-refractivity contribution in [1.29, 1.82) is 0 Å². The number of nitrogen functional groups attached to an aromatic ring is 1. The molecule has 1 aliphatic heterocycles. The summed E-state index contributed by atoms with van der Waals surface area (Å²) in [6, 6.07) is 4.16. The van der Waals surface area contributed by atoms with Crippen molar-refractivity contribution < 1.29 is 4.52 Å².